The van der Waals surface area contributed by atoms with Crippen LogP contribution >= 0.6 is 35.4 Å². The molecule has 0 saturated heterocycles. The number of carbonyl (C=O) groups is 2. The van der Waals surface area contributed by atoms with E-state index in [0.29, 0.717) is 21.2 Å². The van der Waals surface area contributed by atoms with E-state index in [4.69, 9.17) is 44.9 Å². The Balaban J connectivity index is 1.53. The van der Waals surface area contributed by atoms with Gasteiger partial charge in [-0.05, 0) is 85.0 Å². The summed E-state index contributed by atoms with van der Waals surface area (Å²) in [6, 6.07) is 26.4. The van der Waals surface area contributed by atoms with Crippen molar-refractivity contribution in [1.29, 1.82) is 0 Å². The van der Waals surface area contributed by atoms with E-state index < -0.39 is 11.9 Å². The van der Waals surface area contributed by atoms with Crippen LogP contribution in [0.5, 0.6) is 11.5 Å². The molecule has 0 unspecified atom stereocenters. The Hall–Kier alpha value is -4.24. The van der Waals surface area contributed by atoms with Gasteiger partial charge in [-0.1, -0.05) is 41.4 Å². The number of anilines is 1. The Kier molecular flexibility index (Phi) is 9.05. The van der Waals surface area contributed by atoms with Gasteiger partial charge in [-0.3, -0.25) is 5.43 Å². The highest BCUT2D eigenvalue weighted by Crippen LogP contribution is 2.26. The van der Waals surface area contributed by atoms with E-state index in [1.807, 2.05) is 30.3 Å². The zero-order valence-electron chi connectivity index (χ0n) is 19.6. The molecule has 0 aliphatic heterocycles. The molecule has 0 aliphatic rings. The van der Waals surface area contributed by atoms with Crippen molar-refractivity contribution in [3.63, 3.8) is 0 Å². The van der Waals surface area contributed by atoms with E-state index in [2.05, 4.69) is 15.8 Å². The molecule has 190 valence electrons. The molecular formula is C28H19Cl2N3O4S. The lowest BCUT2D eigenvalue weighted by Crippen LogP contribution is -2.23. The fourth-order valence-corrected chi connectivity index (χ4v) is 3.53. The topological polar surface area (TPSA) is 89.0 Å². The molecule has 0 radical (unpaired) electrons. The Morgan fingerprint density at radius 3 is 1.95 bits per heavy atom. The number of hydrogen-bond donors (Lipinski definition) is 2. The van der Waals surface area contributed by atoms with Gasteiger partial charge in [0.1, 0.15) is 11.5 Å². The van der Waals surface area contributed by atoms with E-state index in [0.717, 1.165) is 5.69 Å². The smallest absolute Gasteiger partial charge is 0.343 e. The number of nitrogens with zero attached hydrogens (tertiary/aromatic N) is 1. The van der Waals surface area contributed by atoms with Crippen LogP contribution in [0.3, 0.4) is 0 Å². The number of carbonyl (C=O) groups excluding carboxylic acids is 2. The van der Waals surface area contributed by atoms with Crippen LogP contribution < -0.4 is 20.2 Å². The average Bonchev–Trinajstić information content (AvgIpc) is 2.91. The number of hydrogen-bond acceptors (Lipinski definition) is 6. The third-order valence-corrected chi connectivity index (χ3v) is 5.66. The summed E-state index contributed by atoms with van der Waals surface area (Å²) in [7, 11) is 0. The molecule has 10 heteroatoms. The van der Waals surface area contributed by atoms with Gasteiger partial charge in [-0.25, -0.2) is 9.59 Å². The molecule has 0 amide bonds. The maximum atomic E-state index is 12.8. The second-order valence-electron chi connectivity index (χ2n) is 7.68. The summed E-state index contributed by atoms with van der Waals surface area (Å²) in [6.45, 7) is 0. The molecule has 0 spiro atoms. The normalized spacial score (nSPS) is 10.6. The Morgan fingerprint density at radius 2 is 1.34 bits per heavy atom. The Bertz CT molecular complexity index is 1480. The van der Waals surface area contributed by atoms with Crippen LogP contribution in [0.2, 0.25) is 10.0 Å². The number of nitrogens with one attached hydrogen (secondary N) is 2. The predicted molar refractivity (Wildman–Crippen MR) is 153 cm³/mol. The summed E-state index contributed by atoms with van der Waals surface area (Å²) >= 11 is 17.1. The molecule has 4 rings (SSSR count). The average molecular weight is 564 g/mol. The van der Waals surface area contributed by atoms with Crippen LogP contribution in [0.25, 0.3) is 0 Å². The van der Waals surface area contributed by atoms with Gasteiger partial charge in [0.25, 0.3) is 0 Å². The minimum absolute atomic E-state index is 0.110. The van der Waals surface area contributed by atoms with E-state index in [-0.39, 0.29) is 22.2 Å². The van der Waals surface area contributed by atoms with Crippen LogP contribution in [0.15, 0.2) is 102 Å². The summed E-state index contributed by atoms with van der Waals surface area (Å²) in [5.74, 6) is -0.960. The number of halogens is 2. The lowest BCUT2D eigenvalue weighted by molar-refractivity contribution is 0.0732. The first-order chi connectivity index (χ1) is 18.4. The monoisotopic (exact) mass is 563 g/mol. The molecule has 0 aliphatic carbocycles. The number of thiocarbonyl (C=S) groups is 1. The third-order valence-electron chi connectivity index (χ3n) is 4.96. The van der Waals surface area contributed by atoms with Gasteiger partial charge >= 0.3 is 11.9 Å². The number of benzene rings is 4. The molecule has 38 heavy (non-hydrogen) atoms. The van der Waals surface area contributed by atoms with E-state index in [1.54, 1.807) is 48.5 Å². The summed E-state index contributed by atoms with van der Waals surface area (Å²) in [5, 5.41) is 8.37. The first-order valence-electron chi connectivity index (χ1n) is 11.1. The summed E-state index contributed by atoms with van der Waals surface area (Å²) in [4.78, 5) is 25.3. The van der Waals surface area contributed by atoms with Gasteiger partial charge in [0.2, 0.25) is 0 Å². The second kappa shape index (κ2) is 12.8. The number of esters is 2. The third kappa shape index (κ3) is 7.63. The molecule has 0 fully saturated rings. The SMILES string of the molecule is O=C(Oc1ccc(/C=N/NC(=S)Nc2ccccc2)c(OC(=O)c2ccc(Cl)cc2)c1)c1ccc(Cl)cc1. The molecule has 4 aromatic carbocycles. The molecule has 0 saturated carbocycles. The fourth-order valence-electron chi connectivity index (χ4n) is 3.11. The summed E-state index contributed by atoms with van der Waals surface area (Å²) in [6.07, 6.45) is 1.42. The zero-order valence-corrected chi connectivity index (χ0v) is 21.9. The summed E-state index contributed by atoms with van der Waals surface area (Å²) < 4.78 is 11.1. The van der Waals surface area contributed by atoms with Crippen molar-refractivity contribution in [2.45, 2.75) is 0 Å². The molecule has 2 N–H and O–H groups in total. The fraction of sp³-hybridized carbons (Fsp3) is 0. The number of rotatable bonds is 7. The highest BCUT2D eigenvalue weighted by molar-refractivity contribution is 7.80. The molecule has 0 bridgehead atoms. The van der Waals surface area contributed by atoms with Gasteiger partial charge in [0.15, 0.2) is 5.11 Å². The molecular weight excluding hydrogens is 545 g/mol. The minimum Gasteiger partial charge on any atom is -0.423 e. The molecule has 0 heterocycles. The molecule has 0 aromatic heterocycles. The van der Waals surface area contributed by atoms with Crippen LogP contribution in [0.4, 0.5) is 5.69 Å². The number of hydrazone groups is 1. The highest BCUT2D eigenvalue weighted by atomic mass is 35.5. The van der Waals surface area contributed by atoms with E-state index in [1.165, 1.54) is 24.4 Å². The zero-order chi connectivity index (χ0) is 26.9. The predicted octanol–water partition coefficient (Wildman–Crippen LogP) is 6.75. The van der Waals surface area contributed by atoms with Crippen molar-refractivity contribution in [2.24, 2.45) is 5.10 Å². The van der Waals surface area contributed by atoms with Crippen LogP contribution in [0.1, 0.15) is 26.3 Å². The van der Waals surface area contributed by atoms with E-state index >= 15 is 0 Å². The van der Waals surface area contributed by atoms with Gasteiger partial charge < -0.3 is 14.8 Å². The first kappa shape index (κ1) is 26.8. The summed E-state index contributed by atoms with van der Waals surface area (Å²) in [5.41, 5.74) is 4.52. The lowest BCUT2D eigenvalue weighted by Gasteiger charge is -2.11. The maximum Gasteiger partial charge on any atom is 0.343 e. The Labute approximate surface area is 234 Å². The van der Waals surface area contributed by atoms with Crippen molar-refractivity contribution in [2.75, 3.05) is 5.32 Å². The van der Waals surface area contributed by atoms with Crippen molar-refractivity contribution >= 4 is 64.4 Å². The number of ether oxygens (including phenoxy) is 2. The van der Waals surface area contributed by atoms with Gasteiger partial charge in [0.05, 0.1) is 17.3 Å². The van der Waals surface area contributed by atoms with Crippen LogP contribution in [-0.4, -0.2) is 23.3 Å². The maximum absolute atomic E-state index is 12.8. The minimum atomic E-state index is -0.633. The molecule has 0 atom stereocenters. The standard InChI is InChI=1S/C28H19Cl2N3O4S/c29-21-11-6-18(7-12-21)26(34)36-24-15-10-20(17-31-33-28(38)32-23-4-2-1-3-5-23)25(16-24)37-27(35)19-8-13-22(30)14-9-19/h1-17H,(H2,32,33,38)/b31-17+. The van der Waals surface area contributed by atoms with Gasteiger partial charge in [0, 0.05) is 27.4 Å². The molecule has 4 aromatic rings. The van der Waals surface area contributed by atoms with Crippen molar-refractivity contribution < 1.29 is 19.1 Å². The van der Waals surface area contributed by atoms with Gasteiger partial charge in [-0.15, -0.1) is 0 Å². The first-order valence-corrected chi connectivity index (χ1v) is 12.3. The lowest BCUT2D eigenvalue weighted by atomic mass is 10.2. The van der Waals surface area contributed by atoms with Crippen LogP contribution in [0, 0.1) is 0 Å². The van der Waals surface area contributed by atoms with Crippen molar-refractivity contribution in [3.05, 3.63) is 124 Å². The second-order valence-corrected chi connectivity index (χ2v) is 8.96. The van der Waals surface area contributed by atoms with E-state index in [9.17, 15) is 9.59 Å². The quantitative estimate of drug-likeness (QED) is 0.0844. The Morgan fingerprint density at radius 1 is 0.763 bits per heavy atom. The van der Waals surface area contributed by atoms with Crippen LogP contribution in [-0.2, 0) is 0 Å². The largest absolute Gasteiger partial charge is 0.423 e. The highest BCUT2D eigenvalue weighted by Gasteiger charge is 2.15. The van der Waals surface area contributed by atoms with Crippen molar-refractivity contribution in [1.82, 2.24) is 5.43 Å². The number of para-hydroxylation sites is 1. The van der Waals surface area contributed by atoms with Crippen molar-refractivity contribution in [3.8, 4) is 11.5 Å². The van der Waals surface area contributed by atoms with Gasteiger partial charge in [-0.2, -0.15) is 5.10 Å². The molecule has 7 nitrogen and oxygen atoms in total.